The normalized spacial score (nSPS) is 10.4. The molecule has 0 aliphatic carbocycles. The summed E-state index contributed by atoms with van der Waals surface area (Å²) in [5.41, 5.74) is 1.66. The highest BCUT2D eigenvalue weighted by Gasteiger charge is 2.13. The largest absolute Gasteiger partial charge is 0.355 e. The maximum absolute atomic E-state index is 12.1. The number of amides is 1. The van der Waals surface area contributed by atoms with Gasteiger partial charge in [0.1, 0.15) is 0 Å². The van der Waals surface area contributed by atoms with E-state index in [1.54, 1.807) is 30.6 Å². The summed E-state index contributed by atoms with van der Waals surface area (Å²) in [5.74, 6) is 0.229. The maximum atomic E-state index is 12.1. The van der Waals surface area contributed by atoms with E-state index in [1.807, 2.05) is 30.3 Å². The average Bonchev–Trinajstić information content (AvgIpc) is 3.16. The van der Waals surface area contributed by atoms with Crippen molar-refractivity contribution in [2.24, 2.45) is 0 Å². The Morgan fingerprint density at radius 1 is 1.08 bits per heavy atom. The number of hydrogen-bond donors (Lipinski definition) is 1. The molecule has 0 saturated carbocycles. The van der Waals surface area contributed by atoms with Crippen LogP contribution in [0, 0.1) is 0 Å². The molecular formula is C19H17N3O3. The molecule has 2 aromatic heterocycles. The van der Waals surface area contributed by atoms with Crippen molar-refractivity contribution in [3.63, 3.8) is 0 Å². The molecule has 0 unspecified atom stereocenters. The van der Waals surface area contributed by atoms with Gasteiger partial charge >= 0.3 is 0 Å². The quantitative estimate of drug-likeness (QED) is 0.529. The molecule has 3 aromatic rings. The van der Waals surface area contributed by atoms with Crippen molar-refractivity contribution in [1.29, 1.82) is 0 Å². The highest BCUT2D eigenvalue weighted by Crippen LogP contribution is 2.19. The van der Waals surface area contributed by atoms with Crippen LogP contribution in [0.4, 0.5) is 0 Å². The Bertz CT molecular complexity index is 845. The smallest absolute Gasteiger partial charge is 0.273 e. The molecule has 3 rings (SSSR count). The number of carbonyl (C=O) groups is 2. The van der Waals surface area contributed by atoms with Crippen molar-refractivity contribution in [2.45, 2.75) is 12.8 Å². The van der Waals surface area contributed by atoms with Crippen molar-refractivity contribution < 1.29 is 14.1 Å². The van der Waals surface area contributed by atoms with Crippen LogP contribution in [0.5, 0.6) is 0 Å². The van der Waals surface area contributed by atoms with Gasteiger partial charge in [-0.15, -0.1) is 0 Å². The van der Waals surface area contributed by atoms with Gasteiger partial charge in [-0.3, -0.25) is 14.6 Å². The fourth-order valence-electron chi connectivity index (χ4n) is 2.33. The number of pyridine rings is 1. The van der Waals surface area contributed by atoms with Crippen LogP contribution in [-0.4, -0.2) is 28.4 Å². The standard InChI is InChI=1S/C19H17N3O3/c23-17(15-8-4-10-20-13-15)9-5-11-21-19(24)16-12-18(25-22-16)14-6-2-1-3-7-14/h1-4,6-8,10,12-13H,5,9,11H2,(H,21,24). The van der Waals surface area contributed by atoms with Crippen LogP contribution in [0.2, 0.25) is 0 Å². The molecule has 1 N–H and O–H groups in total. The lowest BCUT2D eigenvalue weighted by molar-refractivity contribution is 0.0931. The number of hydrogen-bond acceptors (Lipinski definition) is 5. The van der Waals surface area contributed by atoms with E-state index < -0.39 is 0 Å². The molecule has 0 fully saturated rings. The van der Waals surface area contributed by atoms with Crippen molar-refractivity contribution >= 4 is 11.7 Å². The second-order valence-corrected chi connectivity index (χ2v) is 5.47. The van der Waals surface area contributed by atoms with E-state index in [0.717, 1.165) is 5.56 Å². The summed E-state index contributed by atoms with van der Waals surface area (Å²) in [7, 11) is 0. The minimum Gasteiger partial charge on any atom is -0.355 e. The molecule has 0 aliphatic rings. The maximum Gasteiger partial charge on any atom is 0.273 e. The average molecular weight is 335 g/mol. The monoisotopic (exact) mass is 335 g/mol. The van der Waals surface area contributed by atoms with Crippen LogP contribution in [0.15, 0.2) is 65.4 Å². The summed E-state index contributed by atoms with van der Waals surface area (Å²) < 4.78 is 5.20. The van der Waals surface area contributed by atoms with Gasteiger partial charge in [0.15, 0.2) is 17.2 Å². The zero-order valence-electron chi connectivity index (χ0n) is 13.5. The number of rotatable bonds is 7. The summed E-state index contributed by atoms with van der Waals surface area (Å²) in [6, 6.07) is 14.5. The molecule has 1 amide bonds. The lowest BCUT2D eigenvalue weighted by Gasteiger charge is -2.02. The molecule has 6 nitrogen and oxygen atoms in total. The number of Topliss-reactive ketones (excluding diaryl/α,β-unsaturated/α-hetero) is 1. The van der Waals surface area contributed by atoms with Gasteiger partial charge < -0.3 is 9.84 Å². The number of nitrogens with one attached hydrogen (secondary N) is 1. The van der Waals surface area contributed by atoms with E-state index in [0.29, 0.717) is 30.7 Å². The SMILES string of the molecule is O=C(CCCNC(=O)c1cc(-c2ccccc2)on1)c1cccnc1. The number of aromatic nitrogens is 2. The first kappa shape index (κ1) is 16.6. The molecule has 0 aliphatic heterocycles. The van der Waals surface area contributed by atoms with Crippen molar-refractivity contribution in [2.75, 3.05) is 6.54 Å². The molecule has 2 heterocycles. The van der Waals surface area contributed by atoms with Gasteiger partial charge in [0.05, 0.1) is 0 Å². The summed E-state index contributed by atoms with van der Waals surface area (Å²) in [4.78, 5) is 27.9. The molecule has 0 saturated heterocycles. The first-order chi connectivity index (χ1) is 12.2. The van der Waals surface area contributed by atoms with E-state index >= 15 is 0 Å². The molecule has 25 heavy (non-hydrogen) atoms. The molecule has 0 bridgehead atoms. The molecule has 0 atom stereocenters. The number of nitrogens with zero attached hydrogens (tertiary/aromatic N) is 2. The van der Waals surface area contributed by atoms with Gasteiger partial charge in [0.2, 0.25) is 0 Å². The van der Waals surface area contributed by atoms with E-state index in [9.17, 15) is 9.59 Å². The Kier molecular flexibility index (Phi) is 5.31. The molecule has 126 valence electrons. The van der Waals surface area contributed by atoms with Gasteiger partial charge in [-0.1, -0.05) is 35.5 Å². The van der Waals surface area contributed by atoms with E-state index in [4.69, 9.17) is 4.52 Å². The molecule has 0 spiro atoms. The van der Waals surface area contributed by atoms with Gasteiger partial charge in [-0.25, -0.2) is 0 Å². The van der Waals surface area contributed by atoms with Crippen LogP contribution >= 0.6 is 0 Å². The van der Waals surface area contributed by atoms with E-state index in [1.165, 1.54) is 0 Å². The van der Waals surface area contributed by atoms with Gasteiger partial charge in [0, 0.05) is 42.6 Å². The van der Waals surface area contributed by atoms with Crippen LogP contribution < -0.4 is 5.32 Å². The minimum absolute atomic E-state index is 0.00940. The van der Waals surface area contributed by atoms with Crippen LogP contribution in [-0.2, 0) is 0 Å². The Hall–Kier alpha value is -3.28. The fraction of sp³-hybridized carbons (Fsp3) is 0.158. The lowest BCUT2D eigenvalue weighted by Crippen LogP contribution is -2.25. The topological polar surface area (TPSA) is 85.1 Å². The number of carbonyl (C=O) groups excluding carboxylic acids is 2. The highest BCUT2D eigenvalue weighted by atomic mass is 16.5. The number of benzene rings is 1. The van der Waals surface area contributed by atoms with Crippen molar-refractivity contribution in [3.8, 4) is 11.3 Å². The second kappa shape index (κ2) is 8.01. The lowest BCUT2D eigenvalue weighted by atomic mass is 10.1. The molecular weight excluding hydrogens is 318 g/mol. The number of ketones is 1. The Labute approximate surface area is 144 Å². The van der Waals surface area contributed by atoms with E-state index in [2.05, 4.69) is 15.5 Å². The van der Waals surface area contributed by atoms with Crippen LogP contribution in [0.1, 0.15) is 33.7 Å². The van der Waals surface area contributed by atoms with Gasteiger partial charge in [-0.05, 0) is 18.6 Å². The fourth-order valence-corrected chi connectivity index (χ4v) is 2.33. The molecule has 0 radical (unpaired) electrons. The first-order valence-corrected chi connectivity index (χ1v) is 7.97. The van der Waals surface area contributed by atoms with E-state index in [-0.39, 0.29) is 17.4 Å². The second-order valence-electron chi connectivity index (χ2n) is 5.47. The summed E-state index contributed by atoms with van der Waals surface area (Å²) >= 11 is 0. The summed E-state index contributed by atoms with van der Waals surface area (Å²) in [6.45, 7) is 0.387. The van der Waals surface area contributed by atoms with Gasteiger partial charge in [-0.2, -0.15) is 0 Å². The predicted octanol–water partition coefficient (Wildman–Crippen LogP) is 3.13. The third-order valence-electron chi connectivity index (χ3n) is 3.65. The Morgan fingerprint density at radius 3 is 2.68 bits per heavy atom. The minimum atomic E-state index is -0.320. The third-order valence-corrected chi connectivity index (χ3v) is 3.65. The summed E-state index contributed by atoms with van der Waals surface area (Å²) in [5, 5.41) is 6.53. The van der Waals surface area contributed by atoms with Crippen molar-refractivity contribution in [1.82, 2.24) is 15.5 Å². The highest BCUT2D eigenvalue weighted by molar-refractivity contribution is 5.96. The molecule has 6 heteroatoms. The first-order valence-electron chi connectivity index (χ1n) is 7.97. The molecule has 1 aromatic carbocycles. The van der Waals surface area contributed by atoms with Gasteiger partial charge in [0.25, 0.3) is 5.91 Å². The van der Waals surface area contributed by atoms with Crippen molar-refractivity contribution in [3.05, 3.63) is 72.2 Å². The predicted molar refractivity (Wildman–Crippen MR) is 92.1 cm³/mol. The zero-order chi connectivity index (χ0) is 17.5. The van der Waals surface area contributed by atoms with Crippen LogP contribution in [0.25, 0.3) is 11.3 Å². The third kappa shape index (κ3) is 4.38. The summed E-state index contributed by atoms with van der Waals surface area (Å²) in [6.07, 6.45) is 4.06. The zero-order valence-corrected chi connectivity index (χ0v) is 13.5. The van der Waals surface area contributed by atoms with Crippen LogP contribution in [0.3, 0.4) is 0 Å². The Morgan fingerprint density at radius 2 is 1.92 bits per heavy atom. The Balaban J connectivity index is 1.47.